The highest BCUT2D eigenvalue weighted by molar-refractivity contribution is 7.15. The van der Waals surface area contributed by atoms with Crippen LogP contribution in [0.2, 0.25) is 0 Å². The second kappa shape index (κ2) is 4.03. The van der Waals surface area contributed by atoms with E-state index in [0.717, 1.165) is 0 Å². The van der Waals surface area contributed by atoms with E-state index in [1.807, 2.05) is 0 Å². The fourth-order valence-corrected chi connectivity index (χ4v) is 0.314. The Hall–Kier alpha value is -0.140. The van der Waals surface area contributed by atoms with E-state index in [0.29, 0.717) is 6.54 Å². The molecule has 2 N–H and O–H groups in total. The van der Waals surface area contributed by atoms with Crippen LogP contribution in [0.3, 0.4) is 0 Å². The molecule has 0 fully saturated rings. The van der Waals surface area contributed by atoms with Crippen molar-refractivity contribution in [2.24, 2.45) is 0 Å². The van der Waals surface area contributed by atoms with Crippen molar-refractivity contribution in [3.05, 3.63) is 0 Å². The summed E-state index contributed by atoms with van der Waals surface area (Å²) < 4.78 is 0. The molecule has 0 bridgehead atoms. The lowest BCUT2D eigenvalue weighted by Crippen LogP contribution is -2.25. The van der Waals surface area contributed by atoms with Gasteiger partial charge in [-0.1, -0.05) is 0 Å². The van der Waals surface area contributed by atoms with Gasteiger partial charge in [-0.05, 0) is 16.4 Å². The highest BCUT2D eigenvalue weighted by atomic mass is 31.0. The molecule has 0 aliphatic rings. The molecular formula is C3H9N2OP. The highest BCUT2D eigenvalue weighted by Gasteiger charge is 1.89. The van der Waals surface area contributed by atoms with Crippen molar-refractivity contribution in [3.63, 3.8) is 0 Å². The summed E-state index contributed by atoms with van der Waals surface area (Å²) in [4.78, 5) is 10.2. The fraction of sp³-hybridized carbons (Fsp3) is 0.667. The average Bonchev–Trinajstić information content (AvgIpc) is 1.68. The first-order chi connectivity index (χ1) is 3.31. The van der Waals surface area contributed by atoms with Gasteiger partial charge in [0.2, 0.25) is 5.91 Å². The maximum absolute atomic E-state index is 10.2. The predicted octanol–water partition coefficient (Wildman–Crippen LogP) is -0.888. The maximum Gasteiger partial charge on any atom is 0.236 e. The van der Waals surface area contributed by atoms with Gasteiger partial charge in [0.05, 0.1) is 6.54 Å². The molecule has 0 aromatic rings. The number of amides is 1. The Labute approximate surface area is 45.1 Å². The van der Waals surface area contributed by atoms with Crippen molar-refractivity contribution in [2.75, 3.05) is 13.6 Å². The number of carbonyl (C=O) groups is 1. The van der Waals surface area contributed by atoms with Gasteiger partial charge < -0.3 is 10.4 Å². The lowest BCUT2D eigenvalue weighted by Gasteiger charge is -1.93. The predicted molar refractivity (Wildman–Crippen MR) is 31.8 cm³/mol. The monoisotopic (exact) mass is 120 g/mol. The number of rotatable bonds is 2. The van der Waals surface area contributed by atoms with Crippen molar-refractivity contribution >= 4 is 15.3 Å². The van der Waals surface area contributed by atoms with Crippen LogP contribution in [-0.2, 0) is 4.79 Å². The Morgan fingerprint density at radius 3 is 2.57 bits per heavy atom. The van der Waals surface area contributed by atoms with Crippen molar-refractivity contribution in [1.29, 1.82) is 0 Å². The molecule has 0 saturated carbocycles. The van der Waals surface area contributed by atoms with Crippen molar-refractivity contribution in [2.45, 2.75) is 0 Å². The zero-order valence-corrected chi connectivity index (χ0v) is 5.35. The molecule has 0 rings (SSSR count). The van der Waals surface area contributed by atoms with Gasteiger partial charge in [0, 0.05) is 0 Å². The van der Waals surface area contributed by atoms with E-state index in [4.69, 9.17) is 0 Å². The minimum absolute atomic E-state index is 0.0208. The van der Waals surface area contributed by atoms with Crippen LogP contribution in [-0.4, -0.2) is 19.5 Å². The summed E-state index contributed by atoms with van der Waals surface area (Å²) in [6, 6.07) is 0. The van der Waals surface area contributed by atoms with E-state index in [-0.39, 0.29) is 5.91 Å². The third kappa shape index (κ3) is 3.70. The first-order valence-electron chi connectivity index (χ1n) is 1.95. The highest BCUT2D eigenvalue weighted by Crippen LogP contribution is 1.66. The van der Waals surface area contributed by atoms with Gasteiger partial charge in [0.1, 0.15) is 0 Å². The quantitative estimate of drug-likeness (QED) is 0.464. The number of likely N-dealkylation sites (N-methyl/N-ethyl adjacent to an activating group) is 1. The minimum atomic E-state index is -0.0208. The van der Waals surface area contributed by atoms with Crippen molar-refractivity contribution in [3.8, 4) is 0 Å². The van der Waals surface area contributed by atoms with Crippen molar-refractivity contribution in [1.82, 2.24) is 10.4 Å². The maximum atomic E-state index is 10.2. The Kier molecular flexibility index (Phi) is 3.95. The van der Waals surface area contributed by atoms with Gasteiger partial charge >= 0.3 is 0 Å². The summed E-state index contributed by atoms with van der Waals surface area (Å²) in [5.74, 6) is -0.0208. The Morgan fingerprint density at radius 1 is 1.86 bits per heavy atom. The van der Waals surface area contributed by atoms with Crippen LogP contribution in [0.4, 0.5) is 0 Å². The number of carbonyl (C=O) groups excluding carboxylic acids is 1. The second-order valence-electron chi connectivity index (χ2n) is 1.10. The number of hydrogen-bond donors (Lipinski definition) is 2. The number of nitrogens with one attached hydrogen (secondary N) is 2. The van der Waals surface area contributed by atoms with Gasteiger partial charge in [0.25, 0.3) is 0 Å². The molecule has 0 spiro atoms. The second-order valence-corrected chi connectivity index (χ2v) is 1.39. The van der Waals surface area contributed by atoms with E-state index in [9.17, 15) is 4.79 Å². The summed E-state index contributed by atoms with van der Waals surface area (Å²) in [5, 5.41) is 5.07. The van der Waals surface area contributed by atoms with Gasteiger partial charge in [-0.2, -0.15) is 0 Å². The molecule has 0 aromatic heterocycles. The van der Waals surface area contributed by atoms with E-state index in [1.54, 1.807) is 7.05 Å². The molecule has 42 valence electrons. The van der Waals surface area contributed by atoms with Crippen molar-refractivity contribution < 1.29 is 4.79 Å². The molecule has 1 unspecified atom stereocenters. The lowest BCUT2D eigenvalue weighted by molar-refractivity contribution is -0.118. The SMILES string of the molecule is CNCC(=O)NP. The van der Waals surface area contributed by atoms with E-state index in [1.165, 1.54) is 0 Å². The van der Waals surface area contributed by atoms with E-state index >= 15 is 0 Å². The molecule has 1 atom stereocenters. The normalized spacial score (nSPS) is 8.29. The first kappa shape index (κ1) is 6.86. The summed E-state index contributed by atoms with van der Waals surface area (Å²) in [6.45, 7) is 0.378. The molecule has 3 nitrogen and oxygen atoms in total. The van der Waals surface area contributed by atoms with Crippen LogP contribution in [0.25, 0.3) is 0 Å². The zero-order chi connectivity index (χ0) is 5.70. The third-order valence-corrected chi connectivity index (χ3v) is 0.820. The van der Waals surface area contributed by atoms with Crippen LogP contribution < -0.4 is 10.4 Å². The molecular weight excluding hydrogens is 111 g/mol. The molecule has 1 amide bonds. The molecule has 0 aromatic carbocycles. The smallest absolute Gasteiger partial charge is 0.236 e. The third-order valence-electron chi connectivity index (χ3n) is 0.498. The van der Waals surface area contributed by atoms with Gasteiger partial charge in [-0.25, -0.2) is 0 Å². The molecule has 0 saturated heterocycles. The Bertz CT molecular complexity index is 66.0. The summed E-state index contributed by atoms with van der Waals surface area (Å²) in [7, 11) is 3.85. The lowest BCUT2D eigenvalue weighted by atomic mass is 10.6. The first-order valence-corrected chi connectivity index (χ1v) is 2.53. The summed E-state index contributed by atoms with van der Waals surface area (Å²) in [5.41, 5.74) is 0. The fourth-order valence-electron chi connectivity index (χ4n) is 0.212. The number of hydrogen-bond acceptors (Lipinski definition) is 2. The van der Waals surface area contributed by atoms with Crippen LogP contribution >= 0.6 is 9.39 Å². The Balaban J connectivity index is 3.00. The minimum Gasteiger partial charge on any atom is -0.340 e. The molecule has 0 heterocycles. The van der Waals surface area contributed by atoms with Gasteiger partial charge in [0.15, 0.2) is 0 Å². The zero-order valence-electron chi connectivity index (χ0n) is 4.19. The summed E-state index contributed by atoms with van der Waals surface area (Å²) >= 11 is 0. The van der Waals surface area contributed by atoms with Crippen LogP contribution in [0.5, 0.6) is 0 Å². The molecule has 0 radical (unpaired) electrons. The van der Waals surface area contributed by atoms with Gasteiger partial charge in [-0.3, -0.25) is 4.79 Å². The summed E-state index contributed by atoms with van der Waals surface area (Å²) in [6.07, 6.45) is 0. The standard InChI is InChI=1S/C3H9N2OP/c1-4-2-3(6)5-7/h4H,2,7H2,1H3,(H,5,6). The van der Waals surface area contributed by atoms with Crippen LogP contribution in [0, 0.1) is 0 Å². The molecule has 4 heteroatoms. The van der Waals surface area contributed by atoms with E-state index < -0.39 is 0 Å². The van der Waals surface area contributed by atoms with Crippen LogP contribution in [0.15, 0.2) is 0 Å². The van der Waals surface area contributed by atoms with Crippen LogP contribution in [0.1, 0.15) is 0 Å². The molecule has 0 aliphatic heterocycles. The van der Waals surface area contributed by atoms with E-state index in [2.05, 4.69) is 19.8 Å². The molecule has 7 heavy (non-hydrogen) atoms. The topological polar surface area (TPSA) is 41.1 Å². The largest absolute Gasteiger partial charge is 0.340 e. The van der Waals surface area contributed by atoms with Gasteiger partial charge in [-0.15, -0.1) is 0 Å². The molecule has 0 aliphatic carbocycles. The average molecular weight is 120 g/mol. The Morgan fingerprint density at radius 2 is 2.43 bits per heavy atom.